The van der Waals surface area contributed by atoms with Crippen LogP contribution in [0.15, 0.2) is 91.0 Å². The summed E-state index contributed by atoms with van der Waals surface area (Å²) in [7, 11) is 25.0. The van der Waals surface area contributed by atoms with Crippen LogP contribution in [0.4, 0.5) is 0 Å². The molecule has 0 heterocycles. The van der Waals surface area contributed by atoms with E-state index in [9.17, 15) is 0 Å². The minimum absolute atomic E-state index is 0. The molecule has 43 heavy (non-hydrogen) atoms. The molecule has 1 aliphatic carbocycles. The van der Waals surface area contributed by atoms with Crippen molar-refractivity contribution < 1.29 is 20.1 Å². The van der Waals surface area contributed by atoms with Crippen molar-refractivity contribution in [3.05, 3.63) is 119 Å². The molecule has 0 fully saturated rings. The van der Waals surface area contributed by atoms with Gasteiger partial charge in [0.05, 0.1) is 18.2 Å². The average molecular weight is 980 g/mol. The Hall–Kier alpha value is -1.70. The first kappa shape index (κ1) is 41.3. The summed E-state index contributed by atoms with van der Waals surface area (Å²) in [6, 6.07) is 37.7. The van der Waals surface area contributed by atoms with E-state index >= 15 is 0 Å². The van der Waals surface area contributed by atoms with Crippen molar-refractivity contribution in [3.63, 3.8) is 0 Å². The van der Waals surface area contributed by atoms with Gasteiger partial charge in [0.25, 0.3) is 0 Å². The number of nitriles is 3. The first-order chi connectivity index (χ1) is 19.6. The van der Waals surface area contributed by atoms with Crippen LogP contribution in [0.2, 0.25) is 0 Å². The molecule has 0 saturated carbocycles. The van der Waals surface area contributed by atoms with Gasteiger partial charge in [-0.3, -0.25) is 0 Å². The van der Waals surface area contributed by atoms with Gasteiger partial charge in [0.15, 0.2) is 0 Å². The van der Waals surface area contributed by atoms with Crippen LogP contribution in [-0.4, -0.2) is 9.14 Å². The fourth-order valence-corrected chi connectivity index (χ4v) is 3.78. The van der Waals surface area contributed by atoms with Crippen molar-refractivity contribution in [1.82, 2.24) is 0 Å². The van der Waals surface area contributed by atoms with Crippen molar-refractivity contribution in [2.75, 3.05) is 0 Å². The fraction of sp³-hybridized carbons (Fsp3) is 0.0938. The molecule has 3 nitrogen and oxygen atoms in total. The molecule has 0 amide bonds. The van der Waals surface area contributed by atoms with E-state index in [-0.39, 0.29) is 20.1 Å². The molecule has 0 aliphatic heterocycles. The maximum absolute atomic E-state index is 7.32. The van der Waals surface area contributed by atoms with Gasteiger partial charge in [0.1, 0.15) is 0 Å². The normalized spacial score (nSPS) is 14.0. The summed E-state index contributed by atoms with van der Waals surface area (Å²) in [5.74, 6) is 0. The molecule has 227 valence electrons. The van der Waals surface area contributed by atoms with Gasteiger partial charge in [-0.2, -0.15) is 15.8 Å². The third kappa shape index (κ3) is 17.4. The Kier molecular flexibility index (Phi) is 17.6. The zero-order valence-corrected chi connectivity index (χ0v) is 32.8. The van der Waals surface area contributed by atoms with Crippen LogP contribution < -0.4 is 0 Å². The minimum atomic E-state index is -5.42. The number of halogens is 6. The Morgan fingerprint density at radius 2 is 0.884 bits per heavy atom. The van der Waals surface area contributed by atoms with Crippen LogP contribution in [-0.2, 0) is 20.1 Å². The number of benzene rings is 4. The molecule has 4 aromatic rings. The Morgan fingerprint density at radius 1 is 0.512 bits per heavy atom. The number of hydrogen-bond donors (Lipinski definition) is 0. The number of fused-ring (bicyclic) bond motifs is 3. The molecule has 0 bridgehead atoms. The second-order valence-electron chi connectivity index (χ2n) is 8.26. The zero-order valence-electron chi connectivity index (χ0n) is 23.3. The first-order valence-corrected chi connectivity index (χ1v) is 31.5. The van der Waals surface area contributed by atoms with Gasteiger partial charge in [-0.1, -0.05) is 103 Å². The topological polar surface area (TPSA) is 71.4 Å². The predicted octanol–water partition coefficient (Wildman–Crippen LogP) is 12.3. The number of hydrogen-bond acceptors (Lipinski definition) is 3. The molecular formula is C32H27Cl6IrN3Sb-. The SMILES string of the molecule is C1=C\c2ccccc2/C(c2cccc3ccccc23)=C\c2ccccc2/1.CC#N.CC#N.CC#N.[Cl][Sb-]([Cl])([Cl])([Cl])([Cl])[Cl].[Ir]. The van der Waals surface area contributed by atoms with Crippen molar-refractivity contribution in [1.29, 1.82) is 15.8 Å². The maximum atomic E-state index is 7.32. The van der Waals surface area contributed by atoms with Crippen molar-refractivity contribution in [2.24, 2.45) is 0 Å². The summed E-state index contributed by atoms with van der Waals surface area (Å²) in [5, 5.41) is 24.5. The van der Waals surface area contributed by atoms with Gasteiger partial charge in [0, 0.05) is 40.9 Å². The Morgan fingerprint density at radius 3 is 1.44 bits per heavy atom. The Balaban J connectivity index is 0.000000874. The summed E-state index contributed by atoms with van der Waals surface area (Å²) >= 11 is 0. The van der Waals surface area contributed by atoms with Gasteiger partial charge in [0.2, 0.25) is 0 Å². The quantitative estimate of drug-likeness (QED) is 0.157. The van der Waals surface area contributed by atoms with E-state index < -0.39 is 9.14 Å². The van der Waals surface area contributed by atoms with Crippen LogP contribution in [0.1, 0.15) is 48.6 Å². The maximum Gasteiger partial charge on any atom is 0 e. The van der Waals surface area contributed by atoms with Gasteiger partial charge < -0.3 is 0 Å². The largest absolute Gasteiger partial charge is 0 e. The van der Waals surface area contributed by atoms with Gasteiger partial charge in [-0.05, 0) is 50.2 Å². The number of nitrogens with zero attached hydrogens (tertiary/aromatic N) is 3. The standard InChI is InChI=1S/C26H18.3C2H3N.6ClH.Ir.Sb/c1-2-11-22-18-26(25-15-7-12-20-9-3-5-13-23(20)25)24-14-6-4-10-21(24)17-16-19(22)8-1;3*1-2-3;;;;;;;;/h1-18H;3*1H3;6*1H;;/q;;;;;;;;;;;+5/p-6/b17-16-,19-16?,21-17?,22-18?,26-18+,26-24?;;;;;;;;;;;. The van der Waals surface area contributed by atoms with Crippen LogP contribution in [0, 0.1) is 34.0 Å². The Bertz CT molecular complexity index is 1650. The number of rotatable bonds is 1. The molecule has 0 spiro atoms. The van der Waals surface area contributed by atoms with E-state index in [1.54, 1.807) is 18.2 Å². The monoisotopic (exact) mass is 977 g/mol. The molecule has 0 atom stereocenters. The molecule has 0 aromatic heterocycles. The van der Waals surface area contributed by atoms with Crippen LogP contribution >= 0.6 is 53.0 Å². The van der Waals surface area contributed by atoms with E-state index in [0.29, 0.717) is 0 Å². The van der Waals surface area contributed by atoms with E-state index in [0.717, 1.165) is 0 Å². The molecule has 1 aliphatic rings. The van der Waals surface area contributed by atoms with Crippen molar-refractivity contribution in [2.45, 2.75) is 20.8 Å². The van der Waals surface area contributed by atoms with E-state index in [2.05, 4.69) is 109 Å². The average Bonchev–Trinajstić information content (AvgIpc) is 2.89. The second-order valence-corrected chi connectivity index (χ2v) is 65.2. The predicted molar refractivity (Wildman–Crippen MR) is 187 cm³/mol. The molecule has 5 rings (SSSR count). The molecule has 0 saturated heterocycles. The summed E-state index contributed by atoms with van der Waals surface area (Å²) < 4.78 is 0. The first-order valence-electron chi connectivity index (χ1n) is 12.1. The smallest absolute Gasteiger partial charge is 0 e. The van der Waals surface area contributed by atoms with Crippen molar-refractivity contribution >= 4 is 96.7 Å². The van der Waals surface area contributed by atoms with Crippen molar-refractivity contribution in [3.8, 4) is 18.2 Å². The minimum Gasteiger partial charge on any atom is 0 e. The molecule has 0 N–H and O–H groups in total. The second kappa shape index (κ2) is 18.3. The summed E-state index contributed by atoms with van der Waals surface area (Å²) in [4.78, 5) is 0. The third-order valence-electron chi connectivity index (χ3n) is 5.07. The van der Waals surface area contributed by atoms with E-state index in [4.69, 9.17) is 68.8 Å². The Labute approximate surface area is 287 Å². The van der Waals surface area contributed by atoms with Crippen LogP contribution in [0.5, 0.6) is 0 Å². The van der Waals surface area contributed by atoms with E-state index in [1.165, 1.54) is 64.9 Å². The zero-order chi connectivity index (χ0) is 31.9. The van der Waals surface area contributed by atoms with Gasteiger partial charge >= 0.3 is 62.1 Å². The van der Waals surface area contributed by atoms with Crippen LogP contribution in [0.3, 0.4) is 0 Å². The molecule has 11 heteroatoms. The van der Waals surface area contributed by atoms with Gasteiger partial charge in [-0.15, -0.1) is 0 Å². The molecule has 0 unspecified atom stereocenters. The van der Waals surface area contributed by atoms with Crippen LogP contribution in [0.25, 0.3) is 34.6 Å². The fourth-order valence-electron chi connectivity index (χ4n) is 3.78. The third-order valence-corrected chi connectivity index (χ3v) is 5.07. The molecular weight excluding hydrogens is 953 g/mol. The van der Waals surface area contributed by atoms with E-state index in [1.807, 2.05) is 0 Å². The van der Waals surface area contributed by atoms with Gasteiger partial charge in [-0.25, -0.2) is 0 Å². The summed E-state index contributed by atoms with van der Waals surface area (Å²) in [6.45, 7) is 4.29. The molecule has 1 radical (unpaired) electrons. The summed E-state index contributed by atoms with van der Waals surface area (Å²) in [5.41, 5.74) is 7.58. The molecule has 4 aromatic carbocycles. The summed E-state index contributed by atoms with van der Waals surface area (Å²) in [6.07, 6.45) is 6.77.